The van der Waals surface area contributed by atoms with E-state index in [0.29, 0.717) is 11.8 Å². The normalized spacial score (nSPS) is 23.4. The molecule has 1 saturated heterocycles. The van der Waals surface area contributed by atoms with E-state index in [-0.39, 0.29) is 25.1 Å². The zero-order valence-corrected chi connectivity index (χ0v) is 21.5. The first-order chi connectivity index (χ1) is 17.5. The van der Waals surface area contributed by atoms with Crippen LogP contribution in [0.1, 0.15) is 49.7 Å². The van der Waals surface area contributed by atoms with Crippen molar-refractivity contribution < 1.29 is 28.4 Å². The predicted octanol–water partition coefficient (Wildman–Crippen LogP) is 6.53. The highest BCUT2D eigenvalue weighted by atomic mass is 16.7. The maximum atomic E-state index is 6.61. The molecule has 3 aromatic carbocycles. The lowest BCUT2D eigenvalue weighted by Crippen LogP contribution is -2.15. The maximum absolute atomic E-state index is 6.61. The summed E-state index contributed by atoms with van der Waals surface area (Å²) in [5.74, 6) is 4.61. The number of benzene rings is 3. The minimum Gasteiger partial charge on any atom is -0.493 e. The first-order valence-corrected chi connectivity index (χ1v) is 12.5. The van der Waals surface area contributed by atoms with Crippen molar-refractivity contribution in [1.29, 1.82) is 0 Å². The molecular weight excluding hydrogens is 456 g/mol. The smallest absolute Gasteiger partial charge is 0.231 e. The van der Waals surface area contributed by atoms with E-state index < -0.39 is 0 Å². The Kier molecular flexibility index (Phi) is 6.97. The highest BCUT2D eigenvalue weighted by Crippen LogP contribution is 2.50. The minimum atomic E-state index is -0.0116. The molecule has 0 radical (unpaired) electrons. The fourth-order valence-corrected chi connectivity index (χ4v) is 5.16. The first-order valence-electron chi connectivity index (χ1n) is 12.5. The Bertz CT molecular complexity index is 1190. The number of rotatable bonds is 8. The van der Waals surface area contributed by atoms with Gasteiger partial charge in [0.1, 0.15) is 5.75 Å². The maximum Gasteiger partial charge on any atom is 0.231 e. The lowest BCUT2D eigenvalue weighted by molar-refractivity contribution is 0.0289. The molecule has 0 saturated carbocycles. The Morgan fingerprint density at radius 1 is 0.778 bits per heavy atom. The van der Waals surface area contributed by atoms with E-state index in [1.54, 1.807) is 14.2 Å². The van der Waals surface area contributed by atoms with E-state index >= 15 is 0 Å². The molecule has 0 spiro atoms. The molecule has 0 N–H and O–H groups in total. The third-order valence-electron chi connectivity index (χ3n) is 7.32. The van der Waals surface area contributed by atoms with Crippen molar-refractivity contribution in [3.05, 3.63) is 77.4 Å². The van der Waals surface area contributed by atoms with Gasteiger partial charge in [-0.05, 0) is 71.8 Å². The number of fused-ring (bicyclic) bond motifs is 1. The lowest BCUT2D eigenvalue weighted by atomic mass is 9.85. The van der Waals surface area contributed by atoms with Crippen molar-refractivity contribution in [3.8, 4) is 28.7 Å². The Hall–Kier alpha value is -3.38. The summed E-state index contributed by atoms with van der Waals surface area (Å²) in [7, 11) is 3.31. The van der Waals surface area contributed by atoms with Crippen LogP contribution in [0.3, 0.4) is 0 Å². The molecule has 3 aromatic rings. The highest BCUT2D eigenvalue weighted by molar-refractivity contribution is 5.45. The molecule has 36 heavy (non-hydrogen) atoms. The van der Waals surface area contributed by atoms with Crippen LogP contribution in [0.25, 0.3) is 0 Å². The minimum absolute atomic E-state index is 0.0116. The monoisotopic (exact) mass is 490 g/mol. The summed E-state index contributed by atoms with van der Waals surface area (Å²) in [4.78, 5) is 0. The summed E-state index contributed by atoms with van der Waals surface area (Å²) < 4.78 is 34.6. The molecule has 5 atom stereocenters. The molecule has 0 aromatic heterocycles. The second kappa shape index (κ2) is 10.3. The van der Waals surface area contributed by atoms with Gasteiger partial charge >= 0.3 is 0 Å². The van der Waals surface area contributed by atoms with E-state index in [2.05, 4.69) is 45.0 Å². The molecule has 6 nitrogen and oxygen atoms in total. The van der Waals surface area contributed by atoms with Crippen LogP contribution >= 0.6 is 0 Å². The van der Waals surface area contributed by atoms with Crippen molar-refractivity contribution in [2.24, 2.45) is 11.8 Å². The third kappa shape index (κ3) is 4.82. The van der Waals surface area contributed by atoms with Crippen molar-refractivity contribution in [3.63, 3.8) is 0 Å². The van der Waals surface area contributed by atoms with Gasteiger partial charge in [0.15, 0.2) is 23.0 Å². The molecule has 0 bridgehead atoms. The van der Waals surface area contributed by atoms with E-state index in [9.17, 15) is 0 Å². The van der Waals surface area contributed by atoms with Crippen molar-refractivity contribution >= 4 is 0 Å². The van der Waals surface area contributed by atoms with Crippen LogP contribution in [0, 0.1) is 11.8 Å². The summed E-state index contributed by atoms with van der Waals surface area (Å²) in [6.45, 7) is 6.87. The van der Waals surface area contributed by atoms with Crippen LogP contribution in [0.4, 0.5) is 0 Å². The van der Waals surface area contributed by atoms with Crippen LogP contribution in [0.2, 0.25) is 0 Å². The summed E-state index contributed by atoms with van der Waals surface area (Å²) in [5.41, 5.74) is 3.42. The fraction of sp³-hybridized carbons (Fsp3) is 0.400. The quantitative estimate of drug-likeness (QED) is 0.358. The largest absolute Gasteiger partial charge is 0.493 e. The molecule has 6 heteroatoms. The number of hydrogen-bond donors (Lipinski definition) is 0. The molecular formula is C30H34O6. The molecule has 190 valence electrons. The molecule has 2 heterocycles. The molecule has 5 rings (SSSR count). The van der Waals surface area contributed by atoms with Crippen molar-refractivity contribution in [1.82, 2.24) is 0 Å². The van der Waals surface area contributed by atoms with Gasteiger partial charge in [-0.1, -0.05) is 38.1 Å². The van der Waals surface area contributed by atoms with E-state index in [1.807, 2.05) is 36.4 Å². The number of ether oxygens (including phenoxy) is 6. The standard InChI is InChI=1S/C30H34O6/c1-18(14-21-6-12-26-28(15-21)34-17-33-26)35-24-10-7-22(8-11-24)29-19(2)20(3)30(36-29)23-9-13-25(31-4)27(16-23)32-5/h6-13,15-16,18-20,29-30H,14,17H2,1-5H3/t18-,19-,20+,29+,30-/m1/s1. The third-order valence-corrected chi connectivity index (χ3v) is 7.32. The molecule has 2 aliphatic rings. The van der Waals surface area contributed by atoms with E-state index in [4.69, 9.17) is 28.4 Å². The molecule has 0 aliphatic carbocycles. The summed E-state index contributed by atoms with van der Waals surface area (Å²) in [5, 5.41) is 0. The highest BCUT2D eigenvalue weighted by Gasteiger charge is 2.40. The van der Waals surface area contributed by atoms with Gasteiger partial charge in [-0.3, -0.25) is 0 Å². The van der Waals surface area contributed by atoms with E-state index in [1.165, 1.54) is 0 Å². The Labute approximate surface area is 213 Å². The van der Waals surface area contributed by atoms with Gasteiger partial charge in [0.25, 0.3) is 0 Å². The SMILES string of the molecule is COc1ccc([C@@H]2O[C@H](c3ccc(O[C@H](C)Cc4ccc5c(c4)OCO5)cc3)[C@H](C)[C@@H]2C)cc1OC. The van der Waals surface area contributed by atoms with Gasteiger partial charge in [-0.25, -0.2) is 0 Å². The average molecular weight is 491 g/mol. The first kappa shape index (κ1) is 24.3. The average Bonchev–Trinajstić information content (AvgIpc) is 3.48. The van der Waals surface area contributed by atoms with Gasteiger partial charge in [0.05, 0.1) is 32.5 Å². The van der Waals surface area contributed by atoms with Gasteiger partial charge in [0, 0.05) is 6.42 Å². The Morgan fingerprint density at radius 3 is 2.17 bits per heavy atom. The summed E-state index contributed by atoms with van der Waals surface area (Å²) >= 11 is 0. The lowest BCUT2D eigenvalue weighted by Gasteiger charge is -2.19. The Morgan fingerprint density at radius 2 is 1.44 bits per heavy atom. The van der Waals surface area contributed by atoms with Crippen LogP contribution in [-0.4, -0.2) is 27.1 Å². The molecule has 0 unspecified atom stereocenters. The predicted molar refractivity (Wildman–Crippen MR) is 137 cm³/mol. The molecule has 2 aliphatic heterocycles. The molecule has 0 amide bonds. The zero-order valence-electron chi connectivity index (χ0n) is 21.5. The van der Waals surface area contributed by atoms with Gasteiger partial charge in [-0.15, -0.1) is 0 Å². The van der Waals surface area contributed by atoms with Crippen LogP contribution in [0.15, 0.2) is 60.7 Å². The van der Waals surface area contributed by atoms with Crippen molar-refractivity contribution in [2.45, 2.75) is 45.5 Å². The van der Waals surface area contributed by atoms with Crippen LogP contribution in [0.5, 0.6) is 28.7 Å². The molecule has 1 fully saturated rings. The van der Waals surface area contributed by atoms with Crippen molar-refractivity contribution in [2.75, 3.05) is 21.0 Å². The fourth-order valence-electron chi connectivity index (χ4n) is 5.16. The topological polar surface area (TPSA) is 55.4 Å². The van der Waals surface area contributed by atoms with Gasteiger partial charge < -0.3 is 28.4 Å². The van der Waals surface area contributed by atoms with Gasteiger partial charge in [-0.2, -0.15) is 0 Å². The summed E-state index contributed by atoms with van der Waals surface area (Å²) in [6, 6.07) is 20.4. The summed E-state index contributed by atoms with van der Waals surface area (Å²) in [6.07, 6.45) is 0.805. The number of hydrogen-bond acceptors (Lipinski definition) is 6. The zero-order chi connectivity index (χ0) is 25.2. The van der Waals surface area contributed by atoms with Crippen LogP contribution in [-0.2, 0) is 11.2 Å². The van der Waals surface area contributed by atoms with E-state index in [0.717, 1.165) is 51.9 Å². The van der Waals surface area contributed by atoms with Crippen LogP contribution < -0.4 is 23.7 Å². The second-order valence-corrected chi connectivity index (χ2v) is 9.70. The second-order valence-electron chi connectivity index (χ2n) is 9.70. The number of methoxy groups -OCH3 is 2. The van der Waals surface area contributed by atoms with Gasteiger partial charge in [0.2, 0.25) is 6.79 Å². The Balaban J connectivity index is 1.23.